The van der Waals surface area contributed by atoms with E-state index in [9.17, 15) is 4.79 Å². The van der Waals surface area contributed by atoms with Crippen molar-refractivity contribution in [2.24, 2.45) is 0 Å². The molecule has 2 rings (SSSR count). The van der Waals surface area contributed by atoms with E-state index < -0.39 is 0 Å². The second kappa shape index (κ2) is 7.33. The summed E-state index contributed by atoms with van der Waals surface area (Å²) in [6, 6.07) is 12.7. The fourth-order valence-electron chi connectivity index (χ4n) is 1.79. The first kappa shape index (κ1) is 15.7. The minimum atomic E-state index is -0.272. The molecule has 2 aromatic rings. The van der Waals surface area contributed by atoms with Crippen LogP contribution in [0.1, 0.15) is 5.56 Å². The Hall–Kier alpha value is -1.72. The van der Waals surface area contributed by atoms with Gasteiger partial charge in [-0.05, 0) is 42.3 Å². The number of anilines is 2. The molecule has 4 nitrogen and oxygen atoms in total. The fourth-order valence-corrected chi connectivity index (χ4v) is 2.42. The Morgan fingerprint density at radius 1 is 1.24 bits per heavy atom. The lowest BCUT2D eigenvalue weighted by molar-refractivity contribution is 0.252. The van der Waals surface area contributed by atoms with Gasteiger partial charge in [-0.25, -0.2) is 4.79 Å². The normalized spacial score (nSPS) is 10.2. The number of urea groups is 1. The lowest BCUT2D eigenvalue weighted by atomic mass is 10.1. The Kier molecular flexibility index (Phi) is 5.47. The highest BCUT2D eigenvalue weighted by Gasteiger charge is 2.03. The summed E-state index contributed by atoms with van der Waals surface area (Å²) in [7, 11) is 0. The third-order valence-electron chi connectivity index (χ3n) is 2.85. The molecule has 0 aromatic heterocycles. The van der Waals surface area contributed by atoms with E-state index in [1.165, 1.54) is 0 Å². The van der Waals surface area contributed by atoms with Gasteiger partial charge in [0, 0.05) is 16.7 Å². The number of rotatable bonds is 4. The Labute approximate surface area is 136 Å². The molecule has 0 spiro atoms. The number of halogens is 2. The predicted molar refractivity (Wildman–Crippen MR) is 90.7 cm³/mol. The van der Waals surface area contributed by atoms with Gasteiger partial charge in [0.1, 0.15) is 0 Å². The largest absolute Gasteiger partial charge is 0.398 e. The number of hydrogen-bond donors (Lipinski definition) is 3. The van der Waals surface area contributed by atoms with Gasteiger partial charge in [0.2, 0.25) is 0 Å². The van der Waals surface area contributed by atoms with Gasteiger partial charge in [-0.3, -0.25) is 0 Å². The number of carbonyl (C=O) groups is 1. The number of benzene rings is 2. The maximum absolute atomic E-state index is 11.8. The molecule has 0 bridgehead atoms. The summed E-state index contributed by atoms with van der Waals surface area (Å²) in [4.78, 5) is 11.8. The summed E-state index contributed by atoms with van der Waals surface area (Å²) in [6.07, 6.45) is 0.759. The number of nitrogens with two attached hydrogens (primary N) is 1. The standard InChI is InChI=1S/C15H15BrClN3O/c16-11-3-1-2-10(8-11)6-7-19-15(21)20-12-4-5-14(18)13(17)9-12/h1-5,8-9H,6-7,18H2,(H2,19,20,21). The first-order chi connectivity index (χ1) is 10.0. The van der Waals surface area contributed by atoms with Gasteiger partial charge in [-0.2, -0.15) is 0 Å². The van der Waals surface area contributed by atoms with Crippen molar-refractivity contribution in [1.82, 2.24) is 5.32 Å². The molecule has 0 saturated carbocycles. The number of hydrogen-bond acceptors (Lipinski definition) is 2. The Morgan fingerprint density at radius 2 is 2.05 bits per heavy atom. The van der Waals surface area contributed by atoms with Crippen LogP contribution in [-0.2, 0) is 6.42 Å². The molecule has 0 aliphatic heterocycles. The van der Waals surface area contributed by atoms with Crippen molar-refractivity contribution in [2.75, 3.05) is 17.6 Å². The van der Waals surface area contributed by atoms with Crippen molar-refractivity contribution < 1.29 is 4.79 Å². The minimum Gasteiger partial charge on any atom is -0.398 e. The fraction of sp³-hybridized carbons (Fsp3) is 0.133. The first-order valence-corrected chi connectivity index (χ1v) is 7.56. The van der Waals surface area contributed by atoms with Gasteiger partial charge < -0.3 is 16.4 Å². The molecule has 0 radical (unpaired) electrons. The van der Waals surface area contributed by atoms with E-state index in [2.05, 4.69) is 26.6 Å². The zero-order chi connectivity index (χ0) is 15.2. The summed E-state index contributed by atoms with van der Waals surface area (Å²) < 4.78 is 1.03. The van der Waals surface area contributed by atoms with Crippen molar-refractivity contribution >= 4 is 44.9 Å². The molecule has 0 heterocycles. The molecule has 21 heavy (non-hydrogen) atoms. The van der Waals surface area contributed by atoms with E-state index in [-0.39, 0.29) is 6.03 Å². The lowest BCUT2D eigenvalue weighted by Gasteiger charge is -2.09. The minimum absolute atomic E-state index is 0.272. The lowest BCUT2D eigenvalue weighted by Crippen LogP contribution is -2.30. The Morgan fingerprint density at radius 3 is 2.76 bits per heavy atom. The van der Waals surface area contributed by atoms with Gasteiger partial charge in [-0.1, -0.05) is 39.7 Å². The van der Waals surface area contributed by atoms with Crippen molar-refractivity contribution in [3.63, 3.8) is 0 Å². The van der Waals surface area contributed by atoms with E-state index >= 15 is 0 Å². The number of nitrogen functional groups attached to an aromatic ring is 1. The van der Waals surface area contributed by atoms with Gasteiger partial charge in [0.05, 0.1) is 10.7 Å². The zero-order valence-corrected chi connectivity index (χ0v) is 13.5. The van der Waals surface area contributed by atoms with Crippen molar-refractivity contribution in [3.05, 3.63) is 57.5 Å². The Balaban J connectivity index is 1.81. The second-order valence-corrected chi connectivity index (χ2v) is 5.82. The van der Waals surface area contributed by atoms with E-state index in [0.717, 1.165) is 16.5 Å². The maximum Gasteiger partial charge on any atom is 0.319 e. The molecular formula is C15H15BrClN3O. The molecule has 0 unspecified atom stereocenters. The predicted octanol–water partition coefficient (Wildman–Crippen LogP) is 4.05. The molecule has 0 atom stereocenters. The monoisotopic (exact) mass is 367 g/mol. The maximum atomic E-state index is 11.8. The van der Waals surface area contributed by atoms with E-state index in [0.29, 0.717) is 22.9 Å². The van der Waals surface area contributed by atoms with Gasteiger partial charge >= 0.3 is 6.03 Å². The third kappa shape index (κ3) is 4.95. The van der Waals surface area contributed by atoms with Crippen LogP contribution in [0.5, 0.6) is 0 Å². The van der Waals surface area contributed by atoms with Crippen LogP contribution in [-0.4, -0.2) is 12.6 Å². The third-order valence-corrected chi connectivity index (χ3v) is 3.67. The van der Waals surface area contributed by atoms with Crippen LogP contribution < -0.4 is 16.4 Å². The molecule has 0 aliphatic carbocycles. The molecule has 4 N–H and O–H groups in total. The molecule has 0 aliphatic rings. The SMILES string of the molecule is Nc1ccc(NC(=O)NCCc2cccc(Br)c2)cc1Cl. The average Bonchev–Trinajstić information content (AvgIpc) is 2.43. The van der Waals surface area contributed by atoms with Crippen molar-refractivity contribution in [1.29, 1.82) is 0 Å². The van der Waals surface area contributed by atoms with E-state index in [4.69, 9.17) is 17.3 Å². The topological polar surface area (TPSA) is 67.1 Å². The average molecular weight is 369 g/mol. The van der Waals surface area contributed by atoms with Crippen LogP contribution in [0, 0.1) is 0 Å². The summed E-state index contributed by atoms with van der Waals surface area (Å²) in [6.45, 7) is 0.547. The van der Waals surface area contributed by atoms with Crippen LogP contribution >= 0.6 is 27.5 Å². The van der Waals surface area contributed by atoms with Gasteiger partial charge in [0.25, 0.3) is 0 Å². The quantitative estimate of drug-likeness (QED) is 0.713. The summed E-state index contributed by atoms with van der Waals surface area (Å²) in [5, 5.41) is 5.92. The summed E-state index contributed by atoms with van der Waals surface area (Å²) in [5.74, 6) is 0. The highest BCUT2D eigenvalue weighted by Crippen LogP contribution is 2.22. The van der Waals surface area contributed by atoms with Crippen LogP contribution in [0.2, 0.25) is 5.02 Å². The van der Waals surface area contributed by atoms with E-state index in [1.807, 2.05) is 24.3 Å². The number of carbonyl (C=O) groups excluding carboxylic acids is 1. The number of nitrogens with one attached hydrogen (secondary N) is 2. The van der Waals surface area contributed by atoms with Crippen molar-refractivity contribution in [3.8, 4) is 0 Å². The zero-order valence-electron chi connectivity index (χ0n) is 11.2. The van der Waals surface area contributed by atoms with Crippen molar-refractivity contribution in [2.45, 2.75) is 6.42 Å². The molecular weight excluding hydrogens is 354 g/mol. The molecule has 2 amide bonds. The Bertz CT molecular complexity index is 649. The van der Waals surface area contributed by atoms with Crippen LogP contribution in [0.3, 0.4) is 0 Å². The number of amides is 2. The highest BCUT2D eigenvalue weighted by atomic mass is 79.9. The van der Waals surface area contributed by atoms with Crippen LogP contribution in [0.15, 0.2) is 46.9 Å². The van der Waals surface area contributed by atoms with Crippen LogP contribution in [0.25, 0.3) is 0 Å². The smallest absolute Gasteiger partial charge is 0.319 e. The summed E-state index contributed by atoms with van der Waals surface area (Å²) >= 11 is 9.31. The molecule has 6 heteroatoms. The summed E-state index contributed by atoms with van der Waals surface area (Å²) in [5.41, 5.74) is 7.85. The molecule has 2 aromatic carbocycles. The molecule has 0 fully saturated rings. The molecule has 110 valence electrons. The van der Waals surface area contributed by atoms with Gasteiger partial charge in [0.15, 0.2) is 0 Å². The molecule has 0 saturated heterocycles. The first-order valence-electron chi connectivity index (χ1n) is 6.39. The second-order valence-electron chi connectivity index (χ2n) is 4.50. The van der Waals surface area contributed by atoms with Gasteiger partial charge in [-0.15, -0.1) is 0 Å². The van der Waals surface area contributed by atoms with Crippen LogP contribution in [0.4, 0.5) is 16.2 Å². The van der Waals surface area contributed by atoms with E-state index in [1.54, 1.807) is 18.2 Å². The highest BCUT2D eigenvalue weighted by molar-refractivity contribution is 9.10.